The lowest BCUT2D eigenvalue weighted by Gasteiger charge is -2.12. The Morgan fingerprint density at radius 2 is 1.86 bits per heavy atom. The molecular formula is C16H16BrF2NO. The van der Waals surface area contributed by atoms with E-state index < -0.39 is 11.6 Å². The molecule has 0 spiro atoms. The van der Waals surface area contributed by atoms with Crippen LogP contribution in [0.1, 0.15) is 18.1 Å². The number of halogens is 3. The smallest absolute Gasteiger partial charge is 0.200 e. The van der Waals surface area contributed by atoms with Crippen LogP contribution in [0.2, 0.25) is 0 Å². The van der Waals surface area contributed by atoms with Crippen LogP contribution >= 0.6 is 15.9 Å². The maximum absolute atomic E-state index is 13.7. The third-order valence-corrected chi connectivity index (χ3v) is 3.48. The first-order chi connectivity index (χ1) is 10.1. The second-order valence-electron chi connectivity index (χ2n) is 4.54. The highest BCUT2D eigenvalue weighted by atomic mass is 79.9. The summed E-state index contributed by atoms with van der Waals surface area (Å²) in [6.07, 6.45) is 0. The molecule has 0 aliphatic rings. The lowest BCUT2D eigenvalue weighted by Crippen LogP contribution is -2.14. The van der Waals surface area contributed by atoms with Crippen LogP contribution < -0.4 is 10.1 Å². The van der Waals surface area contributed by atoms with Crippen molar-refractivity contribution in [3.63, 3.8) is 0 Å². The first kappa shape index (κ1) is 15.9. The summed E-state index contributed by atoms with van der Waals surface area (Å²) in [4.78, 5) is 0. The molecule has 0 aliphatic heterocycles. The summed E-state index contributed by atoms with van der Waals surface area (Å²) in [5.74, 6) is -2.00. The molecule has 0 radical (unpaired) electrons. The Labute approximate surface area is 131 Å². The maximum atomic E-state index is 13.7. The Bertz CT molecular complexity index is 619. The topological polar surface area (TPSA) is 21.3 Å². The van der Waals surface area contributed by atoms with E-state index in [9.17, 15) is 8.78 Å². The SMILES string of the molecule is CCNCc1ccccc1COc1cc(Br)cc(F)c1F. The molecule has 5 heteroatoms. The zero-order valence-corrected chi connectivity index (χ0v) is 13.2. The molecule has 2 rings (SSSR count). The lowest BCUT2D eigenvalue weighted by atomic mass is 10.1. The second kappa shape index (κ2) is 7.52. The van der Waals surface area contributed by atoms with Crippen molar-refractivity contribution in [2.45, 2.75) is 20.1 Å². The molecule has 0 amide bonds. The highest BCUT2D eigenvalue weighted by Gasteiger charge is 2.12. The molecule has 1 N–H and O–H groups in total. The minimum Gasteiger partial charge on any atom is -0.486 e. The van der Waals surface area contributed by atoms with Crippen molar-refractivity contribution in [2.24, 2.45) is 0 Å². The molecule has 0 aromatic heterocycles. The van der Waals surface area contributed by atoms with Crippen LogP contribution in [-0.2, 0) is 13.2 Å². The van der Waals surface area contributed by atoms with Gasteiger partial charge in [0.15, 0.2) is 11.6 Å². The highest BCUT2D eigenvalue weighted by Crippen LogP contribution is 2.26. The van der Waals surface area contributed by atoms with Crippen LogP contribution in [0.15, 0.2) is 40.9 Å². The van der Waals surface area contributed by atoms with E-state index in [1.54, 1.807) is 0 Å². The van der Waals surface area contributed by atoms with Gasteiger partial charge in [-0.15, -0.1) is 0 Å². The van der Waals surface area contributed by atoms with Gasteiger partial charge in [0.1, 0.15) is 6.61 Å². The molecule has 0 saturated heterocycles. The van der Waals surface area contributed by atoms with E-state index >= 15 is 0 Å². The van der Waals surface area contributed by atoms with Gasteiger partial charge in [0.05, 0.1) is 0 Å². The Morgan fingerprint density at radius 3 is 2.57 bits per heavy atom. The van der Waals surface area contributed by atoms with Crippen LogP contribution in [-0.4, -0.2) is 6.54 Å². The number of benzene rings is 2. The first-order valence-corrected chi connectivity index (χ1v) is 7.46. The van der Waals surface area contributed by atoms with Gasteiger partial charge in [-0.25, -0.2) is 4.39 Å². The summed E-state index contributed by atoms with van der Waals surface area (Å²) < 4.78 is 32.8. The van der Waals surface area contributed by atoms with Gasteiger partial charge < -0.3 is 10.1 Å². The molecular weight excluding hydrogens is 340 g/mol. The fourth-order valence-corrected chi connectivity index (χ4v) is 2.33. The minimum atomic E-state index is -0.970. The van der Waals surface area contributed by atoms with E-state index in [2.05, 4.69) is 21.2 Å². The summed E-state index contributed by atoms with van der Waals surface area (Å²) in [5, 5.41) is 3.24. The predicted octanol–water partition coefficient (Wildman–Crippen LogP) is 4.42. The molecule has 0 heterocycles. The standard InChI is InChI=1S/C16H16BrF2NO/c1-2-20-9-11-5-3-4-6-12(11)10-21-15-8-13(17)7-14(18)16(15)19/h3-8,20H,2,9-10H2,1H3. The van der Waals surface area contributed by atoms with Crippen molar-refractivity contribution in [1.82, 2.24) is 5.32 Å². The number of hydrogen-bond donors (Lipinski definition) is 1. The molecule has 112 valence electrons. The van der Waals surface area contributed by atoms with Gasteiger partial charge in [-0.1, -0.05) is 47.1 Å². The normalized spacial score (nSPS) is 10.7. The van der Waals surface area contributed by atoms with Crippen molar-refractivity contribution in [2.75, 3.05) is 6.54 Å². The summed E-state index contributed by atoms with van der Waals surface area (Å²) in [6.45, 7) is 3.79. The molecule has 0 saturated carbocycles. The van der Waals surface area contributed by atoms with Crippen molar-refractivity contribution in [3.05, 3.63) is 63.6 Å². The molecule has 0 atom stereocenters. The lowest BCUT2D eigenvalue weighted by molar-refractivity contribution is 0.283. The Balaban J connectivity index is 2.13. The number of rotatable bonds is 6. The van der Waals surface area contributed by atoms with Gasteiger partial charge in [0, 0.05) is 11.0 Å². The largest absolute Gasteiger partial charge is 0.486 e. The predicted molar refractivity (Wildman–Crippen MR) is 82.2 cm³/mol. The monoisotopic (exact) mass is 355 g/mol. The van der Waals surface area contributed by atoms with E-state index in [-0.39, 0.29) is 12.4 Å². The summed E-state index contributed by atoms with van der Waals surface area (Å²) >= 11 is 3.13. The summed E-state index contributed by atoms with van der Waals surface area (Å²) in [5.41, 5.74) is 2.02. The molecule has 0 bridgehead atoms. The molecule has 2 nitrogen and oxygen atoms in total. The average molecular weight is 356 g/mol. The average Bonchev–Trinajstić information content (AvgIpc) is 2.48. The first-order valence-electron chi connectivity index (χ1n) is 6.66. The van der Waals surface area contributed by atoms with Gasteiger partial charge in [-0.3, -0.25) is 0 Å². The Hall–Kier alpha value is -1.46. The van der Waals surface area contributed by atoms with Crippen LogP contribution in [0, 0.1) is 11.6 Å². The number of nitrogens with one attached hydrogen (secondary N) is 1. The molecule has 21 heavy (non-hydrogen) atoms. The minimum absolute atomic E-state index is 0.0971. The number of ether oxygens (including phenoxy) is 1. The Morgan fingerprint density at radius 1 is 1.14 bits per heavy atom. The van der Waals surface area contributed by atoms with Gasteiger partial charge in [-0.05, 0) is 29.8 Å². The fraction of sp³-hybridized carbons (Fsp3) is 0.250. The van der Waals surface area contributed by atoms with Gasteiger partial charge in [-0.2, -0.15) is 4.39 Å². The fourth-order valence-electron chi connectivity index (χ4n) is 1.92. The summed E-state index contributed by atoms with van der Waals surface area (Å²) in [6, 6.07) is 10.2. The van der Waals surface area contributed by atoms with Crippen LogP contribution in [0.4, 0.5) is 8.78 Å². The molecule has 0 unspecified atom stereocenters. The van der Waals surface area contributed by atoms with Gasteiger partial charge in [0.25, 0.3) is 0 Å². The zero-order chi connectivity index (χ0) is 15.2. The molecule has 2 aromatic carbocycles. The summed E-state index contributed by atoms with van der Waals surface area (Å²) in [7, 11) is 0. The number of hydrogen-bond acceptors (Lipinski definition) is 2. The van der Waals surface area contributed by atoms with E-state index in [1.165, 1.54) is 6.07 Å². The maximum Gasteiger partial charge on any atom is 0.200 e. The zero-order valence-electron chi connectivity index (χ0n) is 11.6. The van der Waals surface area contributed by atoms with E-state index in [0.717, 1.165) is 23.7 Å². The van der Waals surface area contributed by atoms with E-state index in [0.29, 0.717) is 11.0 Å². The van der Waals surface area contributed by atoms with E-state index in [4.69, 9.17) is 4.74 Å². The van der Waals surface area contributed by atoms with Gasteiger partial charge >= 0.3 is 0 Å². The van der Waals surface area contributed by atoms with Crippen LogP contribution in [0.25, 0.3) is 0 Å². The third kappa shape index (κ3) is 4.25. The third-order valence-electron chi connectivity index (χ3n) is 3.03. The van der Waals surface area contributed by atoms with Gasteiger partial charge in [0.2, 0.25) is 5.82 Å². The van der Waals surface area contributed by atoms with E-state index in [1.807, 2.05) is 31.2 Å². The van der Waals surface area contributed by atoms with Crippen LogP contribution in [0.3, 0.4) is 0 Å². The quantitative estimate of drug-likeness (QED) is 0.774. The van der Waals surface area contributed by atoms with Crippen molar-refractivity contribution in [1.29, 1.82) is 0 Å². The van der Waals surface area contributed by atoms with Crippen LogP contribution in [0.5, 0.6) is 5.75 Å². The second-order valence-corrected chi connectivity index (χ2v) is 5.45. The van der Waals surface area contributed by atoms with Crippen molar-refractivity contribution < 1.29 is 13.5 Å². The highest BCUT2D eigenvalue weighted by molar-refractivity contribution is 9.10. The van der Waals surface area contributed by atoms with Crippen molar-refractivity contribution >= 4 is 15.9 Å². The molecule has 0 aliphatic carbocycles. The molecule has 2 aromatic rings. The van der Waals surface area contributed by atoms with Crippen molar-refractivity contribution in [3.8, 4) is 5.75 Å². The molecule has 0 fully saturated rings. The Kier molecular flexibility index (Phi) is 5.70.